The number of carbonyl (C=O) groups excluding carboxylic acids is 3. The Morgan fingerprint density at radius 2 is 1.78 bits per heavy atom. The van der Waals surface area contributed by atoms with Crippen LogP contribution in [-0.4, -0.2) is 44.3 Å². The molecule has 0 unspecified atom stereocenters. The zero-order valence-electron chi connectivity index (χ0n) is 22.0. The van der Waals surface area contributed by atoms with E-state index in [2.05, 4.69) is 20.9 Å². The lowest BCUT2D eigenvalue weighted by Gasteiger charge is -2.10. The molecule has 0 radical (unpaired) electrons. The van der Waals surface area contributed by atoms with Crippen LogP contribution in [0.4, 0.5) is 5.69 Å². The van der Waals surface area contributed by atoms with Gasteiger partial charge >= 0.3 is 0 Å². The summed E-state index contributed by atoms with van der Waals surface area (Å²) in [5, 5.41) is 8.95. The van der Waals surface area contributed by atoms with Gasteiger partial charge in [-0.05, 0) is 61.0 Å². The molecule has 1 aromatic heterocycles. The van der Waals surface area contributed by atoms with Crippen LogP contribution in [0.5, 0.6) is 5.75 Å². The highest BCUT2D eigenvalue weighted by Crippen LogP contribution is 2.34. The number of carbonyl (C=O) groups is 3. The molecule has 210 valence electrons. The fraction of sp³-hybridized carbons (Fsp3) is 0.172. The molecule has 1 aliphatic heterocycles. The second-order valence-corrected chi connectivity index (χ2v) is 12.2. The standard InChI is InChI=1S/C29H26N4O6S2/c1-18(34)30-13-4-14-39-21-10-7-19(8-11-21)29-32-17-22(40-29)16-31-27(35)20-9-12-26-24(15-20)33-28(36)23-5-2-3-6-25(23)41(26,37)38/h2-3,5-12,15,17H,4,13-14,16H2,1H3,(H,30,34)(H,31,35)(H,33,36). The number of rotatable bonds is 9. The minimum absolute atomic E-state index is 0.0524. The molecule has 0 atom stereocenters. The van der Waals surface area contributed by atoms with Crippen LogP contribution >= 0.6 is 11.3 Å². The third-order valence-corrected chi connectivity index (χ3v) is 9.16. The highest BCUT2D eigenvalue weighted by molar-refractivity contribution is 7.91. The van der Waals surface area contributed by atoms with Gasteiger partial charge in [-0.1, -0.05) is 12.1 Å². The summed E-state index contributed by atoms with van der Waals surface area (Å²) in [4.78, 5) is 41.6. The van der Waals surface area contributed by atoms with Crippen LogP contribution in [0.3, 0.4) is 0 Å². The summed E-state index contributed by atoms with van der Waals surface area (Å²) < 4.78 is 32.0. The predicted molar refractivity (Wildman–Crippen MR) is 154 cm³/mol. The van der Waals surface area contributed by atoms with Gasteiger partial charge in [-0.15, -0.1) is 11.3 Å². The van der Waals surface area contributed by atoms with Crippen molar-refractivity contribution >= 4 is 44.6 Å². The van der Waals surface area contributed by atoms with E-state index in [1.807, 2.05) is 24.3 Å². The van der Waals surface area contributed by atoms with Crippen LogP contribution in [-0.2, 0) is 21.2 Å². The highest BCUT2D eigenvalue weighted by Gasteiger charge is 2.31. The molecule has 0 fully saturated rings. The van der Waals surface area contributed by atoms with Crippen molar-refractivity contribution in [2.24, 2.45) is 0 Å². The lowest BCUT2D eigenvalue weighted by atomic mass is 10.1. The Morgan fingerprint density at radius 1 is 1.00 bits per heavy atom. The fourth-order valence-electron chi connectivity index (χ4n) is 4.21. The zero-order chi connectivity index (χ0) is 29.0. The maximum Gasteiger partial charge on any atom is 0.257 e. The van der Waals surface area contributed by atoms with Crippen LogP contribution in [0.2, 0.25) is 0 Å². The quantitative estimate of drug-likeness (QED) is 0.250. The van der Waals surface area contributed by atoms with Gasteiger partial charge in [0.25, 0.3) is 11.8 Å². The van der Waals surface area contributed by atoms with Crippen molar-refractivity contribution in [2.75, 3.05) is 18.5 Å². The van der Waals surface area contributed by atoms with Gasteiger partial charge < -0.3 is 20.7 Å². The van der Waals surface area contributed by atoms with Gasteiger partial charge in [-0.2, -0.15) is 0 Å². The largest absolute Gasteiger partial charge is 0.494 e. The van der Waals surface area contributed by atoms with Crippen molar-refractivity contribution < 1.29 is 27.5 Å². The first-order valence-corrected chi connectivity index (χ1v) is 15.0. The molecule has 1 aliphatic rings. The number of amides is 3. The van der Waals surface area contributed by atoms with Crippen molar-refractivity contribution in [3.63, 3.8) is 0 Å². The van der Waals surface area contributed by atoms with Gasteiger partial charge in [0.15, 0.2) is 0 Å². The number of ether oxygens (including phenoxy) is 1. The third-order valence-electron chi connectivity index (χ3n) is 6.24. The smallest absolute Gasteiger partial charge is 0.257 e. The van der Waals surface area contributed by atoms with E-state index >= 15 is 0 Å². The average Bonchev–Trinajstić information content (AvgIpc) is 3.42. The van der Waals surface area contributed by atoms with Crippen molar-refractivity contribution in [1.82, 2.24) is 15.6 Å². The van der Waals surface area contributed by atoms with Gasteiger partial charge in [0.2, 0.25) is 15.7 Å². The summed E-state index contributed by atoms with van der Waals surface area (Å²) in [5.74, 6) is -0.324. The molecule has 12 heteroatoms. The van der Waals surface area contributed by atoms with Gasteiger partial charge in [-0.25, -0.2) is 13.4 Å². The molecule has 10 nitrogen and oxygen atoms in total. The molecule has 4 aromatic rings. The summed E-state index contributed by atoms with van der Waals surface area (Å²) in [6.07, 6.45) is 2.39. The number of nitrogens with zero attached hydrogens (tertiary/aromatic N) is 1. The lowest BCUT2D eigenvalue weighted by Crippen LogP contribution is -2.22. The molecular formula is C29H26N4O6S2. The fourth-order valence-corrected chi connectivity index (χ4v) is 6.66. The Bertz CT molecular complexity index is 1730. The Hall–Kier alpha value is -4.55. The van der Waals surface area contributed by atoms with Gasteiger partial charge in [0.1, 0.15) is 10.8 Å². The van der Waals surface area contributed by atoms with Crippen molar-refractivity contribution in [3.8, 4) is 16.3 Å². The normalized spacial score (nSPS) is 13.2. The van der Waals surface area contributed by atoms with Crippen molar-refractivity contribution in [3.05, 3.63) is 88.9 Å². The molecular weight excluding hydrogens is 564 g/mol. The maximum atomic E-state index is 13.2. The minimum atomic E-state index is -3.95. The van der Waals surface area contributed by atoms with Crippen molar-refractivity contribution in [1.29, 1.82) is 0 Å². The zero-order valence-corrected chi connectivity index (χ0v) is 23.6. The van der Waals surface area contributed by atoms with Crippen LogP contribution in [0, 0.1) is 0 Å². The molecule has 0 saturated heterocycles. The number of hydrogen-bond acceptors (Lipinski definition) is 8. The number of benzene rings is 3. The first-order chi connectivity index (χ1) is 19.7. The number of anilines is 1. The molecule has 5 rings (SSSR count). The SMILES string of the molecule is CC(=O)NCCCOc1ccc(-c2ncc(CNC(=O)c3ccc4c(c3)NC(=O)c3ccccc3S4(=O)=O)s2)cc1. The van der Waals surface area contributed by atoms with Crippen LogP contribution < -0.4 is 20.7 Å². The Morgan fingerprint density at radius 3 is 2.56 bits per heavy atom. The molecule has 0 saturated carbocycles. The van der Waals surface area contributed by atoms with E-state index in [1.165, 1.54) is 48.6 Å². The van der Waals surface area contributed by atoms with E-state index in [9.17, 15) is 22.8 Å². The van der Waals surface area contributed by atoms with Gasteiger partial charge in [-0.3, -0.25) is 14.4 Å². The first kappa shape index (κ1) is 28.0. The monoisotopic (exact) mass is 590 g/mol. The summed E-state index contributed by atoms with van der Waals surface area (Å²) in [5.41, 5.74) is 1.22. The van der Waals surface area contributed by atoms with Crippen LogP contribution in [0.15, 0.2) is 82.7 Å². The molecule has 0 aliphatic carbocycles. The number of aromatic nitrogens is 1. The summed E-state index contributed by atoms with van der Waals surface area (Å²) in [6, 6.07) is 17.6. The average molecular weight is 591 g/mol. The Balaban J connectivity index is 1.20. The predicted octanol–water partition coefficient (Wildman–Crippen LogP) is 4.04. The summed E-state index contributed by atoms with van der Waals surface area (Å²) >= 11 is 1.43. The third kappa shape index (κ3) is 6.28. The van der Waals surface area contributed by atoms with E-state index < -0.39 is 21.7 Å². The number of hydrogen-bond donors (Lipinski definition) is 3. The van der Waals surface area contributed by atoms with Crippen LogP contribution in [0.1, 0.15) is 38.9 Å². The van der Waals surface area contributed by atoms with E-state index in [-0.39, 0.29) is 39.1 Å². The Labute approximate surface area is 240 Å². The van der Waals surface area contributed by atoms with Gasteiger partial charge in [0, 0.05) is 35.7 Å². The second kappa shape index (κ2) is 11.9. The highest BCUT2D eigenvalue weighted by atomic mass is 32.2. The summed E-state index contributed by atoms with van der Waals surface area (Å²) in [6.45, 7) is 2.75. The lowest BCUT2D eigenvalue weighted by molar-refractivity contribution is -0.118. The van der Waals surface area contributed by atoms with E-state index in [4.69, 9.17) is 4.74 Å². The molecule has 3 aromatic carbocycles. The van der Waals surface area contributed by atoms with Gasteiger partial charge in [0.05, 0.1) is 34.2 Å². The minimum Gasteiger partial charge on any atom is -0.494 e. The number of fused-ring (bicyclic) bond motifs is 2. The number of sulfone groups is 1. The number of nitrogens with one attached hydrogen (secondary N) is 3. The van der Waals surface area contributed by atoms with Crippen LogP contribution in [0.25, 0.3) is 10.6 Å². The van der Waals surface area contributed by atoms with E-state index in [0.717, 1.165) is 15.4 Å². The molecule has 41 heavy (non-hydrogen) atoms. The maximum absolute atomic E-state index is 13.2. The molecule has 0 bridgehead atoms. The van der Waals surface area contributed by atoms with E-state index in [0.29, 0.717) is 25.3 Å². The van der Waals surface area contributed by atoms with E-state index in [1.54, 1.807) is 18.3 Å². The molecule has 3 N–H and O–H groups in total. The summed E-state index contributed by atoms with van der Waals surface area (Å²) in [7, 11) is -3.95. The topological polar surface area (TPSA) is 144 Å². The molecule has 3 amide bonds. The first-order valence-electron chi connectivity index (χ1n) is 12.7. The number of thiazole rings is 1. The Kier molecular flexibility index (Phi) is 8.13. The molecule has 0 spiro atoms. The molecule has 2 heterocycles. The second-order valence-electron chi connectivity index (χ2n) is 9.19. The van der Waals surface area contributed by atoms with Crippen molar-refractivity contribution in [2.45, 2.75) is 29.7 Å².